The fourth-order valence-corrected chi connectivity index (χ4v) is 25.2. The molecule has 302 valence electrons. The van der Waals surface area contributed by atoms with Crippen LogP contribution in [0.3, 0.4) is 0 Å². The molecule has 21 heteroatoms. The summed E-state index contributed by atoms with van der Waals surface area (Å²) in [6.45, 7) is 55.8. The van der Waals surface area contributed by atoms with E-state index in [1.54, 1.807) is 45.3 Å². The van der Waals surface area contributed by atoms with Crippen LogP contribution in [0, 0.1) is 0 Å². The van der Waals surface area contributed by atoms with Gasteiger partial charge >= 0.3 is 108 Å². The van der Waals surface area contributed by atoms with Gasteiger partial charge in [0.2, 0.25) is 8.32 Å². The second-order valence-corrected chi connectivity index (χ2v) is 55.6. The van der Waals surface area contributed by atoms with Gasteiger partial charge in [-0.3, -0.25) is 0 Å². The summed E-state index contributed by atoms with van der Waals surface area (Å²) in [6, 6.07) is 5.45. The van der Waals surface area contributed by atoms with Crippen molar-refractivity contribution in [2.24, 2.45) is 0 Å². The Labute approximate surface area is 432 Å². The molecule has 0 aliphatic heterocycles. The van der Waals surface area contributed by atoms with E-state index in [9.17, 15) is 19.2 Å². The van der Waals surface area contributed by atoms with Gasteiger partial charge in [-0.25, -0.2) is 0 Å². The molecule has 0 aliphatic rings. The molecule has 0 fully saturated rings. The van der Waals surface area contributed by atoms with Gasteiger partial charge in [-0.1, -0.05) is 79.3 Å². The third-order valence-electron chi connectivity index (χ3n) is 6.19. The molecule has 0 bridgehead atoms. The Bertz CT molecular complexity index is 1060. The van der Waals surface area contributed by atoms with Gasteiger partial charge in [0.25, 0.3) is 0 Å². The Morgan fingerprint density at radius 2 is 0.745 bits per heavy atom. The van der Waals surface area contributed by atoms with Gasteiger partial charge in [0.1, 0.15) is 0 Å². The van der Waals surface area contributed by atoms with Gasteiger partial charge in [-0.15, -0.1) is 25.4 Å². The first-order chi connectivity index (χ1) is 22.0. The molecule has 0 amide bonds. The van der Waals surface area contributed by atoms with E-state index in [0.29, 0.717) is 0 Å². The summed E-state index contributed by atoms with van der Waals surface area (Å²) in [5, 5.41) is 2.28. The average molecular weight is 943 g/mol. The molecule has 1 N–H and O–H groups in total. The van der Waals surface area contributed by atoms with Crippen LogP contribution in [-0.4, -0.2) is 89.4 Å². The summed E-state index contributed by atoms with van der Waals surface area (Å²) in [4.78, 5) is 45.2. The van der Waals surface area contributed by atoms with E-state index in [4.69, 9.17) is 12.3 Å². The summed E-state index contributed by atoms with van der Waals surface area (Å²) in [6.07, 6.45) is 0. The summed E-state index contributed by atoms with van der Waals surface area (Å²) >= 11 is 0. The average Bonchev–Trinajstić information content (AvgIpc) is 2.84. The van der Waals surface area contributed by atoms with E-state index in [1.165, 1.54) is 5.70 Å². The van der Waals surface area contributed by atoms with Crippen LogP contribution in [0.4, 0.5) is 0 Å². The maximum atomic E-state index is 12.2. The largest absolute Gasteiger partial charge is 1.00 e. The molecule has 1 aromatic carbocycles. The van der Waals surface area contributed by atoms with Crippen LogP contribution >= 0.6 is 0 Å². The van der Waals surface area contributed by atoms with Crippen molar-refractivity contribution in [1.82, 2.24) is 0 Å². The molecule has 7 nitrogen and oxygen atoms in total. The van der Waals surface area contributed by atoms with Crippen molar-refractivity contribution < 1.29 is 139 Å². The van der Waals surface area contributed by atoms with E-state index in [0.717, 1.165) is 15.6 Å². The van der Waals surface area contributed by atoms with Crippen LogP contribution in [0.2, 0.25) is 144 Å². The van der Waals surface area contributed by atoms with E-state index < -0.39 is 84.6 Å². The quantitative estimate of drug-likeness (QED) is 0.208. The van der Waals surface area contributed by atoms with Crippen LogP contribution in [0.15, 0.2) is 55.0 Å². The molecule has 1 aromatic rings. The number of rotatable bonds is 12. The minimum Gasteiger partial charge on any atom is -0.856 e. The second kappa shape index (κ2) is 32.4. The molecule has 0 atom stereocenters. The third kappa shape index (κ3) is 52.0. The molecule has 0 aliphatic carbocycles. The summed E-state index contributed by atoms with van der Waals surface area (Å²) < 4.78 is 17.4. The van der Waals surface area contributed by atoms with Crippen LogP contribution < -0.4 is 138 Å². The Hall–Kier alpha value is 3.76. The van der Waals surface area contributed by atoms with Gasteiger partial charge in [-0.05, 0) is 135 Å². The first-order valence-corrected chi connectivity index (χ1v) is 48.1. The summed E-state index contributed by atoms with van der Waals surface area (Å²) in [7, 11) is -17.0. The van der Waals surface area contributed by atoms with Crippen molar-refractivity contribution in [3.05, 3.63) is 55.0 Å². The zero-order valence-corrected chi connectivity index (χ0v) is 54.6. The molecule has 55 heavy (non-hydrogen) atoms. The van der Waals surface area contributed by atoms with Crippen molar-refractivity contribution in [2.75, 3.05) is 0 Å². The summed E-state index contributed by atoms with van der Waals surface area (Å²) in [5.41, 5.74) is 5.45. The normalized spacial score (nSPS) is 12.0. The van der Waals surface area contributed by atoms with E-state index in [1.807, 2.05) is 36.6 Å². The van der Waals surface area contributed by atoms with Crippen molar-refractivity contribution in [2.45, 2.75) is 144 Å². The first kappa shape index (κ1) is 76.1. The molecule has 0 heterocycles. The van der Waals surface area contributed by atoms with E-state index in [-0.39, 0.29) is 108 Å². The third-order valence-corrected chi connectivity index (χ3v) is 27.7. The van der Waals surface area contributed by atoms with Crippen LogP contribution in [0.25, 0.3) is 0 Å². The SMILES string of the molecule is C=C[Si](C)(C)O[Si](C)(C)C=C.C=C[Si](C)(C)[O-].C[SiH](C)O[SiH](C)C.C[Si](C)(C)O[Si](C)(C)C.C[Si](C)([O-])c1cc([Si](C)(C)[O-])cc([Si](C)(C)O)c1.[K+].[Li+].[Li+].[Li+]. The Morgan fingerprint density at radius 1 is 0.509 bits per heavy atom. The predicted molar refractivity (Wildman–Crippen MR) is 251 cm³/mol. The minimum atomic E-state index is -2.71. The molecule has 0 spiro atoms. The number of hydrogen-bond donors (Lipinski definition) is 1. The molecular weight excluding hydrogens is 861 g/mol. The standard InChI is InChI=1S/C12H22O3Si3.C8H18OSi2.C6H18OSi2.C4H14OSi2.C4H9OSi.K.3Li/c1-16(2,13)10-7-11(17(3,4)14)9-12(8-10)18(5,6)15;1-7-10(3,4)9-11(5,6)8-2;1-8(2,3)7-9(4,5)6;1-6(2)5-7(3)4;1-4-6(2,3)5;;;;/h7-9,13H,1-6H3;7-8H,1-2H2,3-6H3;1-6H3;6-7H,1-4H3;4H,1H2,2-3H3;;;;/q-2;;;;-1;4*+1. The molecule has 0 unspecified atom stereocenters. The molecular formula is C34H81KLi3O7Si10+. The van der Waals surface area contributed by atoms with Crippen molar-refractivity contribution in [3.8, 4) is 0 Å². The van der Waals surface area contributed by atoms with Gasteiger partial charge in [0.15, 0.2) is 51.4 Å². The molecule has 0 radical (unpaired) electrons. The fraction of sp³-hybridized carbons (Fsp3) is 0.647. The fourth-order valence-electron chi connectivity index (χ4n) is 3.90. The van der Waals surface area contributed by atoms with Crippen molar-refractivity contribution >= 4 is 100 Å². The first-order valence-electron chi connectivity index (χ1n) is 18.0. The summed E-state index contributed by atoms with van der Waals surface area (Å²) in [5.74, 6) is 0. The van der Waals surface area contributed by atoms with Gasteiger partial charge in [0.05, 0.1) is 0 Å². The molecule has 0 aromatic heterocycles. The van der Waals surface area contributed by atoms with Gasteiger partial charge < -0.3 is 31.5 Å². The topological polar surface area (TPSA) is 117 Å². The van der Waals surface area contributed by atoms with Gasteiger partial charge in [0, 0.05) is 0 Å². The number of benzene rings is 1. The molecule has 0 saturated carbocycles. The van der Waals surface area contributed by atoms with Crippen LogP contribution in [-0.2, 0) is 12.3 Å². The van der Waals surface area contributed by atoms with Crippen molar-refractivity contribution in [1.29, 1.82) is 0 Å². The van der Waals surface area contributed by atoms with Crippen LogP contribution in [0.1, 0.15) is 0 Å². The predicted octanol–water partition coefficient (Wildman–Crippen LogP) is -6.57. The zero-order valence-electron chi connectivity index (χ0n) is 41.1. The minimum absolute atomic E-state index is 0. The monoisotopic (exact) mass is 941 g/mol. The van der Waals surface area contributed by atoms with Crippen molar-refractivity contribution in [3.63, 3.8) is 0 Å². The smallest absolute Gasteiger partial charge is 0.856 e. The Balaban J connectivity index is -0.0000000873. The Kier molecular flexibility index (Phi) is 44.8. The number of hydrogen-bond acceptors (Lipinski definition) is 7. The van der Waals surface area contributed by atoms with E-state index in [2.05, 4.69) is 111 Å². The van der Waals surface area contributed by atoms with E-state index >= 15 is 0 Å². The second-order valence-electron chi connectivity index (χ2n) is 18.5. The zero-order chi connectivity index (χ0) is 42.3. The molecule has 1 rings (SSSR count). The maximum absolute atomic E-state index is 12.2. The maximum Gasteiger partial charge on any atom is 1.00 e. The van der Waals surface area contributed by atoms with Crippen LogP contribution in [0.5, 0.6) is 0 Å². The Morgan fingerprint density at radius 3 is 0.855 bits per heavy atom. The van der Waals surface area contributed by atoms with Gasteiger partial charge in [-0.2, -0.15) is 0 Å². The molecule has 0 saturated heterocycles.